The normalized spacial score (nSPS) is 12.3. The van der Waals surface area contributed by atoms with Crippen molar-refractivity contribution in [2.75, 3.05) is 0 Å². The van der Waals surface area contributed by atoms with Crippen molar-refractivity contribution in [3.05, 3.63) is 59.4 Å². The van der Waals surface area contributed by atoms with Crippen molar-refractivity contribution in [2.45, 2.75) is 33.1 Å². The van der Waals surface area contributed by atoms with Crippen LogP contribution in [0.3, 0.4) is 0 Å². The van der Waals surface area contributed by atoms with E-state index in [1.807, 2.05) is 19.1 Å². The number of carbonyl (C=O) groups excluding carboxylic acids is 1. The van der Waals surface area contributed by atoms with E-state index in [0.29, 0.717) is 5.69 Å². The third-order valence-corrected chi connectivity index (χ3v) is 3.34. The van der Waals surface area contributed by atoms with Crippen LogP contribution in [-0.4, -0.2) is 16.6 Å². The van der Waals surface area contributed by atoms with Crippen LogP contribution in [0.1, 0.15) is 49.3 Å². The number of amides is 1. The molecule has 0 fully saturated rings. The molecular weight excluding hydrogens is 262 g/mol. The molecule has 1 aromatic carbocycles. The summed E-state index contributed by atoms with van der Waals surface area (Å²) in [5.41, 5.74) is 6.21. The molecule has 110 valence electrons. The number of carbonyl (C=O) groups is 1. The monoisotopic (exact) mass is 283 g/mol. The number of H-pyrrole nitrogens is 1. The lowest BCUT2D eigenvalue weighted by Gasteiger charge is -2.19. The number of hydrogen-bond acceptors (Lipinski definition) is 2. The molecule has 4 nitrogen and oxygen atoms in total. The molecule has 2 rings (SSSR count). The van der Waals surface area contributed by atoms with E-state index >= 15 is 0 Å². The molecular formula is C17H21N3O. The Morgan fingerprint density at radius 1 is 1.14 bits per heavy atom. The molecule has 0 saturated heterocycles. The van der Waals surface area contributed by atoms with Crippen LogP contribution in [-0.2, 0) is 5.41 Å². The van der Waals surface area contributed by atoms with E-state index in [2.05, 4.69) is 48.4 Å². The first-order chi connectivity index (χ1) is 9.88. The molecule has 0 spiro atoms. The Kier molecular flexibility index (Phi) is 4.26. The van der Waals surface area contributed by atoms with Gasteiger partial charge >= 0.3 is 0 Å². The van der Waals surface area contributed by atoms with Crippen LogP contribution in [0.25, 0.3) is 0 Å². The summed E-state index contributed by atoms with van der Waals surface area (Å²) in [5.74, 6) is -0.245. The van der Waals surface area contributed by atoms with Gasteiger partial charge in [-0.25, -0.2) is 5.43 Å². The highest BCUT2D eigenvalue weighted by Gasteiger charge is 2.13. The van der Waals surface area contributed by atoms with Gasteiger partial charge in [-0.1, -0.05) is 45.0 Å². The van der Waals surface area contributed by atoms with Gasteiger partial charge in [-0.15, -0.1) is 0 Å². The Morgan fingerprint density at radius 3 is 2.33 bits per heavy atom. The molecule has 0 atom stereocenters. The Hall–Kier alpha value is -2.36. The first kappa shape index (κ1) is 15.0. The second kappa shape index (κ2) is 5.95. The van der Waals surface area contributed by atoms with Crippen LogP contribution >= 0.6 is 0 Å². The molecule has 0 radical (unpaired) electrons. The minimum absolute atomic E-state index is 0.130. The Bertz CT molecular complexity index is 632. The molecule has 2 N–H and O–H groups in total. The SMILES string of the molecule is C/C(=N/NC(=O)c1ccc[nH]1)c1ccc(C(C)(C)C)cc1. The van der Waals surface area contributed by atoms with Gasteiger partial charge in [0.1, 0.15) is 5.69 Å². The lowest BCUT2D eigenvalue weighted by atomic mass is 9.86. The maximum absolute atomic E-state index is 11.8. The fourth-order valence-electron chi connectivity index (χ4n) is 1.94. The molecule has 4 heteroatoms. The van der Waals surface area contributed by atoms with Gasteiger partial charge < -0.3 is 4.98 Å². The molecule has 1 heterocycles. The highest BCUT2D eigenvalue weighted by Crippen LogP contribution is 2.22. The molecule has 0 aliphatic heterocycles. The Labute approximate surface area is 125 Å². The number of nitrogens with zero attached hydrogens (tertiary/aromatic N) is 1. The van der Waals surface area contributed by atoms with Crippen molar-refractivity contribution in [1.29, 1.82) is 0 Å². The standard InChI is InChI=1S/C17H21N3O/c1-12(19-20-16(21)15-6-5-11-18-15)13-7-9-14(10-8-13)17(2,3)4/h5-11,18H,1-4H3,(H,20,21)/b19-12-. The number of hydrazone groups is 1. The van der Waals surface area contributed by atoms with Gasteiger partial charge in [0.15, 0.2) is 0 Å². The van der Waals surface area contributed by atoms with Crippen LogP contribution in [0.15, 0.2) is 47.7 Å². The van der Waals surface area contributed by atoms with Gasteiger partial charge in [-0.2, -0.15) is 5.10 Å². The van der Waals surface area contributed by atoms with Gasteiger partial charge in [0, 0.05) is 6.20 Å². The van der Waals surface area contributed by atoms with Crippen LogP contribution in [0.5, 0.6) is 0 Å². The molecule has 0 aliphatic carbocycles. The van der Waals surface area contributed by atoms with E-state index in [9.17, 15) is 4.79 Å². The first-order valence-electron chi connectivity index (χ1n) is 6.97. The lowest BCUT2D eigenvalue weighted by Crippen LogP contribution is -2.19. The molecule has 0 bridgehead atoms. The van der Waals surface area contributed by atoms with Gasteiger partial charge in [0.05, 0.1) is 5.71 Å². The summed E-state index contributed by atoms with van der Waals surface area (Å²) in [7, 11) is 0. The zero-order chi connectivity index (χ0) is 15.5. The van der Waals surface area contributed by atoms with E-state index in [-0.39, 0.29) is 11.3 Å². The molecule has 21 heavy (non-hydrogen) atoms. The molecule has 1 aromatic heterocycles. The number of aromatic nitrogens is 1. The molecule has 0 aliphatic rings. The van der Waals surface area contributed by atoms with Crippen molar-refractivity contribution >= 4 is 11.6 Å². The van der Waals surface area contributed by atoms with Crippen molar-refractivity contribution in [2.24, 2.45) is 5.10 Å². The second-order valence-corrected chi connectivity index (χ2v) is 6.05. The number of hydrogen-bond donors (Lipinski definition) is 2. The van der Waals surface area contributed by atoms with E-state index in [1.54, 1.807) is 18.3 Å². The smallest absolute Gasteiger partial charge is 0.287 e. The van der Waals surface area contributed by atoms with Crippen molar-refractivity contribution in [3.63, 3.8) is 0 Å². The van der Waals surface area contributed by atoms with Crippen molar-refractivity contribution in [1.82, 2.24) is 10.4 Å². The highest BCUT2D eigenvalue weighted by molar-refractivity contribution is 6.00. The molecule has 0 saturated carbocycles. The summed E-state index contributed by atoms with van der Waals surface area (Å²) in [6, 6.07) is 11.7. The van der Waals surface area contributed by atoms with Gasteiger partial charge in [-0.3, -0.25) is 4.79 Å². The summed E-state index contributed by atoms with van der Waals surface area (Å²) < 4.78 is 0. The predicted molar refractivity (Wildman–Crippen MR) is 85.6 cm³/mol. The average molecular weight is 283 g/mol. The zero-order valence-electron chi connectivity index (χ0n) is 12.9. The summed E-state index contributed by atoms with van der Waals surface area (Å²) in [4.78, 5) is 14.6. The highest BCUT2D eigenvalue weighted by atomic mass is 16.2. The van der Waals surface area contributed by atoms with E-state index in [0.717, 1.165) is 11.3 Å². The molecule has 1 amide bonds. The third kappa shape index (κ3) is 3.81. The lowest BCUT2D eigenvalue weighted by molar-refractivity contribution is 0.0950. The number of aromatic amines is 1. The minimum atomic E-state index is -0.245. The summed E-state index contributed by atoms with van der Waals surface area (Å²) in [5, 5.41) is 4.14. The number of nitrogens with one attached hydrogen (secondary N) is 2. The maximum atomic E-state index is 11.8. The van der Waals surface area contributed by atoms with Gasteiger partial charge in [0.25, 0.3) is 5.91 Å². The third-order valence-electron chi connectivity index (χ3n) is 3.34. The topological polar surface area (TPSA) is 57.2 Å². The van der Waals surface area contributed by atoms with Crippen LogP contribution in [0, 0.1) is 0 Å². The van der Waals surface area contributed by atoms with Gasteiger partial charge in [-0.05, 0) is 35.6 Å². The largest absolute Gasteiger partial charge is 0.357 e. The maximum Gasteiger partial charge on any atom is 0.287 e. The fourth-order valence-corrected chi connectivity index (χ4v) is 1.94. The average Bonchev–Trinajstić information content (AvgIpc) is 2.98. The van der Waals surface area contributed by atoms with E-state index in [1.165, 1.54) is 5.56 Å². The molecule has 2 aromatic rings. The van der Waals surface area contributed by atoms with Crippen molar-refractivity contribution < 1.29 is 4.79 Å². The van der Waals surface area contributed by atoms with Gasteiger partial charge in [0.2, 0.25) is 0 Å². The fraction of sp³-hybridized carbons (Fsp3) is 0.294. The second-order valence-electron chi connectivity index (χ2n) is 6.05. The van der Waals surface area contributed by atoms with E-state index in [4.69, 9.17) is 0 Å². The quantitative estimate of drug-likeness (QED) is 0.657. The predicted octanol–water partition coefficient (Wildman–Crippen LogP) is 3.47. The molecule has 0 unspecified atom stereocenters. The number of rotatable bonds is 3. The van der Waals surface area contributed by atoms with Crippen LogP contribution in [0.2, 0.25) is 0 Å². The van der Waals surface area contributed by atoms with Crippen LogP contribution in [0.4, 0.5) is 0 Å². The van der Waals surface area contributed by atoms with Crippen LogP contribution < -0.4 is 5.43 Å². The summed E-state index contributed by atoms with van der Waals surface area (Å²) >= 11 is 0. The summed E-state index contributed by atoms with van der Waals surface area (Å²) in [6.45, 7) is 8.42. The zero-order valence-corrected chi connectivity index (χ0v) is 12.9. The minimum Gasteiger partial charge on any atom is -0.357 e. The Balaban J connectivity index is 2.07. The number of benzene rings is 1. The Morgan fingerprint density at radius 2 is 1.81 bits per heavy atom. The van der Waals surface area contributed by atoms with Crippen molar-refractivity contribution in [3.8, 4) is 0 Å². The van der Waals surface area contributed by atoms with E-state index < -0.39 is 0 Å². The first-order valence-corrected chi connectivity index (χ1v) is 6.97. The summed E-state index contributed by atoms with van der Waals surface area (Å²) in [6.07, 6.45) is 1.71.